The van der Waals surface area contributed by atoms with Crippen molar-refractivity contribution < 1.29 is 0 Å². The maximum absolute atomic E-state index is 8.94. The number of nitrogens with zero attached hydrogens (tertiary/aromatic N) is 5. The van der Waals surface area contributed by atoms with E-state index in [0.29, 0.717) is 5.56 Å². The summed E-state index contributed by atoms with van der Waals surface area (Å²) < 4.78 is 1.70. The Morgan fingerprint density at radius 3 is 2.89 bits per heavy atom. The molecule has 0 radical (unpaired) electrons. The van der Waals surface area contributed by atoms with Crippen LogP contribution >= 0.6 is 0 Å². The normalized spacial score (nSPS) is 12.4. The van der Waals surface area contributed by atoms with Gasteiger partial charge in [-0.05, 0) is 31.7 Å². The Balaban J connectivity index is 2.10. The first-order valence-electron chi connectivity index (χ1n) is 6.15. The smallest absolute Gasteiger partial charge is 0.0991 e. The molecular formula is C14H17N5. The minimum Gasteiger partial charge on any atom is -0.294 e. The van der Waals surface area contributed by atoms with E-state index >= 15 is 0 Å². The fourth-order valence-electron chi connectivity index (χ4n) is 1.98. The molecule has 1 heterocycles. The molecule has 0 fully saturated rings. The monoisotopic (exact) mass is 255 g/mol. The van der Waals surface area contributed by atoms with Crippen molar-refractivity contribution in [3.8, 4) is 6.07 Å². The number of nitriles is 1. The largest absolute Gasteiger partial charge is 0.294 e. The van der Waals surface area contributed by atoms with Gasteiger partial charge in [-0.25, -0.2) is 0 Å². The van der Waals surface area contributed by atoms with Crippen molar-refractivity contribution in [1.29, 1.82) is 5.26 Å². The van der Waals surface area contributed by atoms with Crippen LogP contribution in [0.4, 0.5) is 0 Å². The van der Waals surface area contributed by atoms with Crippen LogP contribution in [0.25, 0.3) is 0 Å². The lowest BCUT2D eigenvalue weighted by Gasteiger charge is -2.24. The molecule has 98 valence electrons. The number of benzene rings is 1. The predicted molar refractivity (Wildman–Crippen MR) is 72.0 cm³/mol. The summed E-state index contributed by atoms with van der Waals surface area (Å²) in [7, 11) is 3.90. The van der Waals surface area contributed by atoms with E-state index in [1.54, 1.807) is 4.68 Å². The number of aromatic nitrogens is 3. The van der Waals surface area contributed by atoms with E-state index in [4.69, 9.17) is 5.26 Å². The lowest BCUT2D eigenvalue weighted by atomic mass is 10.0. The van der Waals surface area contributed by atoms with Crippen LogP contribution in [0.2, 0.25) is 0 Å². The van der Waals surface area contributed by atoms with Crippen molar-refractivity contribution in [1.82, 2.24) is 19.9 Å². The molecule has 0 saturated heterocycles. The van der Waals surface area contributed by atoms with E-state index in [-0.39, 0.29) is 6.04 Å². The summed E-state index contributed by atoms with van der Waals surface area (Å²) in [5.41, 5.74) is 2.76. The zero-order valence-corrected chi connectivity index (χ0v) is 11.4. The van der Waals surface area contributed by atoms with Crippen LogP contribution in [0.1, 0.15) is 29.8 Å². The van der Waals surface area contributed by atoms with Crippen molar-refractivity contribution in [2.45, 2.75) is 19.5 Å². The van der Waals surface area contributed by atoms with Crippen LogP contribution in [-0.2, 0) is 13.6 Å². The summed E-state index contributed by atoms with van der Waals surface area (Å²) in [6, 6.07) is 10.1. The minimum absolute atomic E-state index is 0.218. The third-order valence-corrected chi connectivity index (χ3v) is 3.22. The van der Waals surface area contributed by atoms with Crippen LogP contribution in [0.3, 0.4) is 0 Å². The van der Waals surface area contributed by atoms with Gasteiger partial charge in [0.25, 0.3) is 0 Å². The van der Waals surface area contributed by atoms with E-state index in [9.17, 15) is 0 Å². The highest BCUT2D eigenvalue weighted by molar-refractivity contribution is 5.34. The lowest BCUT2D eigenvalue weighted by Crippen LogP contribution is -2.22. The van der Waals surface area contributed by atoms with Crippen LogP contribution < -0.4 is 0 Å². The molecule has 0 N–H and O–H groups in total. The number of hydrogen-bond acceptors (Lipinski definition) is 4. The van der Waals surface area contributed by atoms with E-state index in [1.807, 2.05) is 44.6 Å². The van der Waals surface area contributed by atoms with Gasteiger partial charge in [-0.3, -0.25) is 9.58 Å². The second-order valence-corrected chi connectivity index (χ2v) is 4.71. The highest BCUT2D eigenvalue weighted by Gasteiger charge is 2.13. The fraction of sp³-hybridized carbons (Fsp3) is 0.357. The first-order valence-corrected chi connectivity index (χ1v) is 6.15. The van der Waals surface area contributed by atoms with E-state index in [2.05, 4.69) is 28.2 Å². The topological polar surface area (TPSA) is 57.7 Å². The Morgan fingerprint density at radius 2 is 2.26 bits per heavy atom. The Kier molecular flexibility index (Phi) is 3.93. The Labute approximate surface area is 113 Å². The molecule has 1 unspecified atom stereocenters. The second kappa shape index (κ2) is 5.63. The molecule has 0 bridgehead atoms. The molecule has 1 aromatic heterocycles. The Morgan fingerprint density at radius 1 is 1.47 bits per heavy atom. The first kappa shape index (κ1) is 13.2. The van der Waals surface area contributed by atoms with Gasteiger partial charge in [-0.15, -0.1) is 5.10 Å². The van der Waals surface area contributed by atoms with Crippen LogP contribution in [0, 0.1) is 11.3 Å². The molecule has 19 heavy (non-hydrogen) atoms. The van der Waals surface area contributed by atoms with E-state index in [1.165, 1.54) is 0 Å². The van der Waals surface area contributed by atoms with E-state index in [0.717, 1.165) is 17.8 Å². The van der Waals surface area contributed by atoms with Crippen LogP contribution in [0.5, 0.6) is 0 Å². The Hall–Kier alpha value is -2.19. The van der Waals surface area contributed by atoms with Crippen molar-refractivity contribution in [3.05, 3.63) is 47.3 Å². The molecule has 2 rings (SSSR count). The van der Waals surface area contributed by atoms with Gasteiger partial charge in [-0.2, -0.15) is 5.26 Å². The van der Waals surface area contributed by atoms with Crippen LogP contribution in [0.15, 0.2) is 30.5 Å². The molecule has 0 aliphatic carbocycles. The summed E-state index contributed by atoms with van der Waals surface area (Å²) in [6.45, 7) is 2.85. The molecule has 0 aliphatic heterocycles. The SMILES string of the molecule is CC(c1cccc(C#N)c1)N(C)Cc1cn(C)nn1. The number of aryl methyl sites for hydroxylation is 1. The number of hydrogen-bond donors (Lipinski definition) is 0. The highest BCUT2D eigenvalue weighted by Crippen LogP contribution is 2.20. The third kappa shape index (κ3) is 3.18. The maximum atomic E-state index is 8.94. The second-order valence-electron chi connectivity index (χ2n) is 4.71. The van der Waals surface area contributed by atoms with Gasteiger partial charge in [0.2, 0.25) is 0 Å². The Bertz CT molecular complexity index is 596. The predicted octanol–water partition coefficient (Wildman–Crippen LogP) is 1.88. The molecular weight excluding hydrogens is 238 g/mol. The maximum Gasteiger partial charge on any atom is 0.0991 e. The van der Waals surface area contributed by atoms with Crippen molar-refractivity contribution in [2.24, 2.45) is 7.05 Å². The highest BCUT2D eigenvalue weighted by atomic mass is 15.4. The molecule has 0 spiro atoms. The quantitative estimate of drug-likeness (QED) is 0.837. The molecule has 2 aromatic rings. The van der Waals surface area contributed by atoms with Crippen molar-refractivity contribution >= 4 is 0 Å². The van der Waals surface area contributed by atoms with Gasteiger partial charge >= 0.3 is 0 Å². The number of rotatable bonds is 4. The summed E-state index contributed by atoms with van der Waals surface area (Å²) in [4.78, 5) is 2.18. The van der Waals surface area contributed by atoms with Gasteiger partial charge in [0.15, 0.2) is 0 Å². The van der Waals surface area contributed by atoms with Crippen LogP contribution in [-0.4, -0.2) is 26.9 Å². The third-order valence-electron chi connectivity index (χ3n) is 3.22. The lowest BCUT2D eigenvalue weighted by molar-refractivity contribution is 0.250. The van der Waals surface area contributed by atoms with Gasteiger partial charge < -0.3 is 0 Å². The van der Waals surface area contributed by atoms with Gasteiger partial charge in [-0.1, -0.05) is 17.3 Å². The van der Waals surface area contributed by atoms with Gasteiger partial charge in [0, 0.05) is 25.8 Å². The first-order chi connectivity index (χ1) is 9.10. The zero-order valence-electron chi connectivity index (χ0n) is 11.4. The average molecular weight is 255 g/mol. The minimum atomic E-state index is 0.218. The summed E-state index contributed by atoms with van der Waals surface area (Å²) in [6.07, 6.45) is 1.91. The van der Waals surface area contributed by atoms with Gasteiger partial charge in [0.05, 0.1) is 17.3 Å². The van der Waals surface area contributed by atoms with Crippen molar-refractivity contribution in [2.75, 3.05) is 7.05 Å². The fourth-order valence-corrected chi connectivity index (χ4v) is 1.98. The molecule has 5 heteroatoms. The molecule has 5 nitrogen and oxygen atoms in total. The standard InChI is InChI=1S/C14H17N5/c1-11(13-6-4-5-12(7-13)8-15)18(2)9-14-10-19(3)17-16-14/h4-7,10-11H,9H2,1-3H3. The molecule has 0 amide bonds. The molecule has 1 atom stereocenters. The van der Waals surface area contributed by atoms with Crippen molar-refractivity contribution in [3.63, 3.8) is 0 Å². The average Bonchev–Trinajstić information content (AvgIpc) is 2.83. The molecule has 0 saturated carbocycles. The summed E-state index contributed by atoms with van der Waals surface area (Å²) in [5, 5.41) is 16.9. The summed E-state index contributed by atoms with van der Waals surface area (Å²) >= 11 is 0. The molecule has 1 aromatic carbocycles. The molecule has 0 aliphatic rings. The van der Waals surface area contributed by atoms with Gasteiger partial charge in [0.1, 0.15) is 0 Å². The summed E-state index contributed by atoms with van der Waals surface area (Å²) in [5.74, 6) is 0. The zero-order chi connectivity index (χ0) is 13.8. The van der Waals surface area contributed by atoms with E-state index < -0.39 is 0 Å².